The van der Waals surface area contributed by atoms with Crippen LogP contribution in [-0.2, 0) is 4.74 Å². The van der Waals surface area contributed by atoms with E-state index in [1.165, 1.54) is 6.07 Å². The molecule has 0 saturated heterocycles. The Hall–Kier alpha value is -2.84. The zero-order valence-electron chi connectivity index (χ0n) is 15.7. The highest BCUT2D eigenvalue weighted by molar-refractivity contribution is 5.67. The van der Waals surface area contributed by atoms with E-state index in [0.717, 1.165) is 44.0 Å². The van der Waals surface area contributed by atoms with Crippen molar-refractivity contribution in [3.8, 4) is 5.88 Å². The number of halogens is 1. The number of rotatable bonds is 0. The number of nitrogens with one attached hydrogen (secondary N) is 3. The van der Waals surface area contributed by atoms with Crippen LogP contribution < -0.4 is 15.4 Å². The molecule has 3 atom stereocenters. The molecular weight excluding hydrogens is 365 g/mol. The number of carbonyl (C=O) groups is 1. The molecule has 0 radical (unpaired) electrons. The number of aromatic amines is 1. The van der Waals surface area contributed by atoms with Crippen molar-refractivity contribution < 1.29 is 18.7 Å². The van der Waals surface area contributed by atoms with Crippen molar-refractivity contribution in [2.24, 2.45) is 0 Å². The number of anilines is 2. The van der Waals surface area contributed by atoms with Gasteiger partial charge in [-0.05, 0) is 39.0 Å². The van der Waals surface area contributed by atoms with Gasteiger partial charge in [-0.2, -0.15) is 5.10 Å². The van der Waals surface area contributed by atoms with Crippen LogP contribution in [-0.4, -0.2) is 40.0 Å². The fraction of sp³-hybridized carbons (Fsp3) is 0.526. The third kappa shape index (κ3) is 4.35. The second kappa shape index (κ2) is 8.04. The Balaban J connectivity index is 1.55. The lowest BCUT2D eigenvalue weighted by molar-refractivity contribution is 0.0969. The van der Waals surface area contributed by atoms with Gasteiger partial charge in [-0.15, -0.1) is 0 Å². The summed E-state index contributed by atoms with van der Waals surface area (Å²) in [7, 11) is 0. The van der Waals surface area contributed by atoms with Crippen molar-refractivity contribution in [1.29, 1.82) is 0 Å². The Bertz CT molecular complexity index is 843. The number of H-pyrrole nitrogens is 1. The summed E-state index contributed by atoms with van der Waals surface area (Å²) < 4.78 is 25.3. The third-order valence-corrected chi connectivity index (χ3v) is 5.18. The predicted molar refractivity (Wildman–Crippen MR) is 100 cm³/mol. The lowest BCUT2D eigenvalue weighted by atomic mass is 10.0. The van der Waals surface area contributed by atoms with Crippen molar-refractivity contribution in [2.75, 3.05) is 11.9 Å². The van der Waals surface area contributed by atoms with E-state index in [0.29, 0.717) is 18.3 Å². The minimum atomic E-state index is -0.475. The number of alkyl carbamates (subject to hydrolysis) is 1. The molecule has 1 aliphatic heterocycles. The van der Waals surface area contributed by atoms with Crippen LogP contribution in [0.1, 0.15) is 50.6 Å². The molecule has 0 spiro atoms. The van der Waals surface area contributed by atoms with E-state index in [-0.39, 0.29) is 29.8 Å². The second-order valence-electron chi connectivity index (χ2n) is 7.41. The maximum atomic E-state index is 14.1. The van der Waals surface area contributed by atoms with Crippen molar-refractivity contribution in [2.45, 2.75) is 57.1 Å². The molecule has 4 rings (SSSR count). The summed E-state index contributed by atoms with van der Waals surface area (Å²) >= 11 is 0. The van der Waals surface area contributed by atoms with Crippen LogP contribution in [0.15, 0.2) is 18.3 Å². The molecule has 1 fully saturated rings. The third-order valence-electron chi connectivity index (χ3n) is 5.18. The molecule has 3 heterocycles. The lowest BCUT2D eigenvalue weighted by Crippen LogP contribution is -2.35. The highest BCUT2D eigenvalue weighted by atomic mass is 19.1. The molecule has 8 nitrogen and oxygen atoms in total. The molecule has 3 N–H and O–H groups in total. The van der Waals surface area contributed by atoms with Crippen molar-refractivity contribution in [3.63, 3.8) is 0 Å². The maximum absolute atomic E-state index is 14.1. The first kappa shape index (κ1) is 18.5. The van der Waals surface area contributed by atoms with Gasteiger partial charge in [-0.25, -0.2) is 14.2 Å². The number of carbonyl (C=O) groups excluding carboxylic acids is 1. The van der Waals surface area contributed by atoms with E-state index in [4.69, 9.17) is 9.47 Å². The van der Waals surface area contributed by atoms with E-state index >= 15 is 0 Å². The van der Waals surface area contributed by atoms with Gasteiger partial charge in [0.1, 0.15) is 6.10 Å². The summed E-state index contributed by atoms with van der Waals surface area (Å²) in [5.74, 6) is 0.595. The number of nitrogens with zero attached hydrogens (tertiary/aromatic N) is 2. The van der Waals surface area contributed by atoms with Crippen LogP contribution in [0.5, 0.6) is 5.88 Å². The smallest absolute Gasteiger partial charge is 0.407 e. The number of hydrogen-bond acceptors (Lipinski definition) is 6. The minimum Gasteiger partial charge on any atom is -0.478 e. The molecule has 28 heavy (non-hydrogen) atoms. The molecule has 9 heteroatoms. The Morgan fingerprint density at radius 2 is 2.14 bits per heavy atom. The van der Waals surface area contributed by atoms with Crippen molar-refractivity contribution >= 4 is 17.6 Å². The fourth-order valence-corrected chi connectivity index (χ4v) is 3.70. The average molecular weight is 389 g/mol. The summed E-state index contributed by atoms with van der Waals surface area (Å²) in [6, 6.07) is 3.36. The number of hydrogen-bond donors (Lipinski definition) is 3. The Morgan fingerprint density at radius 1 is 1.25 bits per heavy atom. The van der Waals surface area contributed by atoms with Crippen LogP contribution in [0.2, 0.25) is 0 Å². The maximum Gasteiger partial charge on any atom is 0.407 e. The zero-order valence-corrected chi connectivity index (χ0v) is 15.7. The lowest BCUT2D eigenvalue weighted by Gasteiger charge is -2.17. The first-order valence-electron chi connectivity index (χ1n) is 9.64. The topological polar surface area (TPSA) is 101 Å². The molecule has 2 aromatic rings. The molecular formula is C19H24FN5O3. The van der Waals surface area contributed by atoms with Crippen LogP contribution in [0.25, 0.3) is 0 Å². The fourth-order valence-electron chi connectivity index (χ4n) is 3.70. The molecule has 2 aliphatic rings. The van der Waals surface area contributed by atoms with Gasteiger partial charge >= 0.3 is 6.09 Å². The van der Waals surface area contributed by atoms with Crippen LogP contribution >= 0.6 is 0 Å². The summed E-state index contributed by atoms with van der Waals surface area (Å²) in [6.07, 6.45) is 4.55. The number of aromatic nitrogens is 3. The van der Waals surface area contributed by atoms with E-state index < -0.39 is 5.82 Å². The summed E-state index contributed by atoms with van der Waals surface area (Å²) in [4.78, 5) is 16.1. The zero-order chi connectivity index (χ0) is 19.5. The average Bonchev–Trinajstić information content (AvgIpc) is 3.30. The standard InChI is InChI=1S/C19H24FN5O3/c1-11-3-2-6-27-18-9-16(14(20)10-21-18)23-17-8-15(24-25-17)12-4-5-13(7-12)28-19(26)22-11/h8-13H,2-7H2,1H3,(H,22,26)(H2,23,24,25)/t11-,12-,13+/m0/s1. The number of pyridine rings is 1. The predicted octanol–water partition coefficient (Wildman–Crippen LogP) is 3.61. The molecule has 150 valence electrons. The first-order valence-corrected chi connectivity index (χ1v) is 9.64. The normalized spacial score (nSPS) is 25.5. The van der Waals surface area contributed by atoms with E-state index in [1.54, 1.807) is 0 Å². The van der Waals surface area contributed by atoms with Crippen LogP contribution in [0.3, 0.4) is 0 Å². The van der Waals surface area contributed by atoms with E-state index in [2.05, 4.69) is 25.8 Å². The van der Waals surface area contributed by atoms with E-state index in [9.17, 15) is 9.18 Å². The molecule has 1 aliphatic carbocycles. The van der Waals surface area contributed by atoms with Crippen LogP contribution in [0, 0.1) is 5.82 Å². The second-order valence-corrected chi connectivity index (χ2v) is 7.41. The Kier molecular flexibility index (Phi) is 5.31. The van der Waals surface area contributed by atoms with Gasteiger partial charge in [0.15, 0.2) is 11.6 Å². The highest BCUT2D eigenvalue weighted by Crippen LogP contribution is 2.36. The van der Waals surface area contributed by atoms with Crippen molar-refractivity contribution in [1.82, 2.24) is 20.5 Å². The molecule has 1 saturated carbocycles. The number of amides is 1. The summed E-state index contributed by atoms with van der Waals surface area (Å²) in [5.41, 5.74) is 1.20. The molecule has 1 amide bonds. The van der Waals surface area contributed by atoms with Gasteiger partial charge in [0.2, 0.25) is 5.88 Å². The number of fused-ring (bicyclic) bond motifs is 7. The molecule has 6 bridgehead atoms. The molecule has 0 unspecified atom stereocenters. The SMILES string of the molecule is C[C@H]1CCCOc2cc(c(F)cn2)Nc2cc([nH]n2)[C@H]2CC[C@H](C2)OC(=O)N1. The van der Waals surface area contributed by atoms with Gasteiger partial charge < -0.3 is 20.1 Å². The summed E-state index contributed by atoms with van der Waals surface area (Å²) in [6.45, 7) is 2.34. The molecule has 2 aromatic heterocycles. The first-order chi connectivity index (χ1) is 13.6. The molecule has 0 aromatic carbocycles. The Morgan fingerprint density at radius 3 is 3.04 bits per heavy atom. The number of ether oxygens (including phenoxy) is 2. The van der Waals surface area contributed by atoms with Gasteiger partial charge in [0.05, 0.1) is 18.5 Å². The quantitative estimate of drug-likeness (QED) is 0.636. The van der Waals surface area contributed by atoms with Gasteiger partial charge in [0, 0.05) is 29.8 Å². The van der Waals surface area contributed by atoms with Crippen molar-refractivity contribution in [3.05, 3.63) is 29.8 Å². The highest BCUT2D eigenvalue weighted by Gasteiger charge is 2.30. The van der Waals surface area contributed by atoms with Gasteiger partial charge in [-0.3, -0.25) is 5.10 Å². The minimum absolute atomic E-state index is 0.0271. The van der Waals surface area contributed by atoms with Gasteiger partial charge in [0.25, 0.3) is 0 Å². The van der Waals surface area contributed by atoms with Crippen LogP contribution in [0.4, 0.5) is 20.7 Å². The monoisotopic (exact) mass is 389 g/mol. The van der Waals surface area contributed by atoms with E-state index in [1.807, 2.05) is 13.0 Å². The van der Waals surface area contributed by atoms with Gasteiger partial charge in [-0.1, -0.05) is 0 Å². The summed E-state index contributed by atoms with van der Waals surface area (Å²) in [5, 5.41) is 13.1. The largest absolute Gasteiger partial charge is 0.478 e. The Labute approximate surface area is 162 Å².